The third-order valence-electron chi connectivity index (χ3n) is 4.87. The molecule has 2 aliphatic heterocycles. The molecule has 2 aliphatic rings. The number of likely N-dealkylation sites (tertiary alicyclic amines) is 1. The van der Waals surface area contributed by atoms with Crippen molar-refractivity contribution in [3.63, 3.8) is 0 Å². The van der Waals surface area contributed by atoms with Gasteiger partial charge in [0.1, 0.15) is 0 Å². The molecule has 2 saturated heterocycles. The minimum atomic E-state index is 0.144. The highest BCUT2D eigenvalue weighted by molar-refractivity contribution is 6.30. The number of nitrogens with zero attached hydrogens (tertiary/aromatic N) is 1. The zero-order chi connectivity index (χ0) is 14.0. The van der Waals surface area contributed by atoms with Crippen LogP contribution in [0.4, 0.5) is 0 Å². The Morgan fingerprint density at radius 1 is 1.05 bits per heavy atom. The van der Waals surface area contributed by atoms with Gasteiger partial charge in [0.2, 0.25) is 0 Å². The number of halogens is 1. The van der Waals surface area contributed by atoms with Gasteiger partial charge in [-0.1, -0.05) is 11.6 Å². The highest BCUT2D eigenvalue weighted by atomic mass is 35.5. The molecule has 3 rings (SSSR count). The van der Waals surface area contributed by atoms with E-state index >= 15 is 0 Å². The van der Waals surface area contributed by atoms with Crippen molar-refractivity contribution in [2.45, 2.75) is 25.7 Å². The molecule has 0 atom stereocenters. The lowest BCUT2D eigenvalue weighted by Gasteiger charge is -2.44. The summed E-state index contributed by atoms with van der Waals surface area (Å²) in [5, 5.41) is 4.10. The minimum absolute atomic E-state index is 0.144. The fourth-order valence-corrected chi connectivity index (χ4v) is 3.54. The molecule has 1 aromatic carbocycles. The van der Waals surface area contributed by atoms with Gasteiger partial charge in [0, 0.05) is 23.7 Å². The fourth-order valence-electron chi connectivity index (χ4n) is 3.42. The smallest absolute Gasteiger partial charge is 0.253 e. The number of hydrogen-bond donors (Lipinski definition) is 1. The average molecular weight is 293 g/mol. The van der Waals surface area contributed by atoms with Crippen LogP contribution in [0, 0.1) is 5.41 Å². The monoisotopic (exact) mass is 292 g/mol. The van der Waals surface area contributed by atoms with E-state index in [1.54, 1.807) is 12.1 Å². The Hall–Kier alpha value is -1.06. The predicted molar refractivity (Wildman–Crippen MR) is 81.1 cm³/mol. The maximum Gasteiger partial charge on any atom is 0.253 e. The van der Waals surface area contributed by atoms with Crippen molar-refractivity contribution in [3.8, 4) is 0 Å². The Balaban J connectivity index is 1.62. The second kappa shape index (κ2) is 5.74. The van der Waals surface area contributed by atoms with E-state index in [1.807, 2.05) is 17.0 Å². The lowest BCUT2D eigenvalue weighted by molar-refractivity contribution is 0.0496. The van der Waals surface area contributed by atoms with Gasteiger partial charge in [0.15, 0.2) is 0 Å². The lowest BCUT2D eigenvalue weighted by Crippen LogP contribution is -2.47. The van der Waals surface area contributed by atoms with Gasteiger partial charge in [-0.05, 0) is 68.5 Å². The first-order valence-electron chi connectivity index (χ1n) is 7.44. The largest absolute Gasteiger partial charge is 0.339 e. The SMILES string of the molecule is O=C(c1ccc(Cl)cc1)N1CCC2(CCNCC2)CC1. The van der Waals surface area contributed by atoms with Crippen molar-refractivity contribution < 1.29 is 4.79 Å². The van der Waals surface area contributed by atoms with Crippen LogP contribution in [0.3, 0.4) is 0 Å². The first-order chi connectivity index (χ1) is 9.69. The molecule has 3 nitrogen and oxygen atoms in total. The first kappa shape index (κ1) is 13.9. The van der Waals surface area contributed by atoms with Gasteiger partial charge >= 0.3 is 0 Å². The zero-order valence-electron chi connectivity index (χ0n) is 11.7. The van der Waals surface area contributed by atoms with Gasteiger partial charge in [-0.3, -0.25) is 4.79 Å². The van der Waals surface area contributed by atoms with Gasteiger partial charge in [-0.15, -0.1) is 0 Å². The van der Waals surface area contributed by atoms with Crippen LogP contribution < -0.4 is 5.32 Å². The zero-order valence-corrected chi connectivity index (χ0v) is 12.5. The molecule has 2 fully saturated rings. The summed E-state index contributed by atoms with van der Waals surface area (Å²) in [6, 6.07) is 7.21. The van der Waals surface area contributed by atoms with E-state index in [1.165, 1.54) is 12.8 Å². The molecular formula is C16H21ClN2O. The van der Waals surface area contributed by atoms with Crippen molar-refractivity contribution >= 4 is 17.5 Å². The van der Waals surface area contributed by atoms with Crippen LogP contribution in [0.25, 0.3) is 0 Å². The van der Waals surface area contributed by atoms with E-state index in [9.17, 15) is 4.79 Å². The summed E-state index contributed by atoms with van der Waals surface area (Å²) in [6.45, 7) is 4.04. The average Bonchev–Trinajstić information content (AvgIpc) is 2.49. The molecule has 0 unspecified atom stereocenters. The molecular weight excluding hydrogens is 272 g/mol. The molecule has 20 heavy (non-hydrogen) atoms. The van der Waals surface area contributed by atoms with E-state index in [4.69, 9.17) is 11.6 Å². The summed E-state index contributed by atoms with van der Waals surface area (Å²) in [6.07, 6.45) is 4.81. The molecule has 0 aliphatic carbocycles. The van der Waals surface area contributed by atoms with Gasteiger partial charge < -0.3 is 10.2 Å². The summed E-state index contributed by atoms with van der Waals surface area (Å²) in [5.74, 6) is 0.144. The summed E-state index contributed by atoms with van der Waals surface area (Å²) in [5.41, 5.74) is 1.23. The van der Waals surface area contributed by atoms with Crippen LogP contribution in [-0.2, 0) is 0 Å². The number of piperidine rings is 2. The summed E-state index contributed by atoms with van der Waals surface area (Å²) in [7, 11) is 0. The molecule has 1 aromatic rings. The number of carbonyl (C=O) groups is 1. The number of amides is 1. The number of benzene rings is 1. The van der Waals surface area contributed by atoms with E-state index in [0.717, 1.165) is 44.6 Å². The third kappa shape index (κ3) is 2.84. The second-order valence-electron chi connectivity index (χ2n) is 6.05. The van der Waals surface area contributed by atoms with Crippen molar-refractivity contribution in [2.75, 3.05) is 26.2 Å². The van der Waals surface area contributed by atoms with E-state index in [-0.39, 0.29) is 5.91 Å². The van der Waals surface area contributed by atoms with Crippen LogP contribution in [0.5, 0.6) is 0 Å². The molecule has 0 radical (unpaired) electrons. The Bertz CT molecular complexity index is 470. The Morgan fingerprint density at radius 2 is 1.65 bits per heavy atom. The molecule has 1 spiro atoms. The molecule has 1 amide bonds. The molecule has 1 N–H and O–H groups in total. The molecule has 108 valence electrons. The lowest BCUT2D eigenvalue weighted by atomic mass is 9.71. The number of nitrogens with one attached hydrogen (secondary N) is 1. The van der Waals surface area contributed by atoms with E-state index in [0.29, 0.717) is 10.4 Å². The van der Waals surface area contributed by atoms with Crippen molar-refractivity contribution in [1.29, 1.82) is 0 Å². The molecule has 2 heterocycles. The van der Waals surface area contributed by atoms with Crippen LogP contribution in [0.2, 0.25) is 5.02 Å². The van der Waals surface area contributed by atoms with Gasteiger partial charge in [0.25, 0.3) is 5.91 Å². The third-order valence-corrected chi connectivity index (χ3v) is 5.12. The summed E-state index contributed by atoms with van der Waals surface area (Å²) < 4.78 is 0. The maximum atomic E-state index is 12.5. The summed E-state index contributed by atoms with van der Waals surface area (Å²) in [4.78, 5) is 14.4. The Labute approximate surface area is 125 Å². The van der Waals surface area contributed by atoms with Crippen molar-refractivity contribution in [1.82, 2.24) is 10.2 Å². The standard InChI is InChI=1S/C16H21ClN2O/c17-14-3-1-13(2-4-14)15(20)19-11-7-16(8-12-19)5-9-18-10-6-16/h1-4,18H,5-12H2. The minimum Gasteiger partial charge on any atom is -0.339 e. The second-order valence-corrected chi connectivity index (χ2v) is 6.49. The summed E-state index contributed by atoms with van der Waals surface area (Å²) >= 11 is 5.87. The Morgan fingerprint density at radius 3 is 2.25 bits per heavy atom. The predicted octanol–water partition coefficient (Wildman–Crippen LogP) is 2.95. The number of rotatable bonds is 1. The fraction of sp³-hybridized carbons (Fsp3) is 0.562. The maximum absolute atomic E-state index is 12.5. The van der Waals surface area contributed by atoms with Gasteiger partial charge in [-0.2, -0.15) is 0 Å². The van der Waals surface area contributed by atoms with Gasteiger partial charge in [0.05, 0.1) is 0 Å². The number of hydrogen-bond acceptors (Lipinski definition) is 2. The normalized spacial score (nSPS) is 21.9. The first-order valence-corrected chi connectivity index (χ1v) is 7.82. The number of carbonyl (C=O) groups excluding carboxylic acids is 1. The molecule has 0 aromatic heterocycles. The quantitative estimate of drug-likeness (QED) is 0.863. The Kier molecular flexibility index (Phi) is 3.99. The topological polar surface area (TPSA) is 32.3 Å². The molecule has 4 heteroatoms. The highest BCUT2D eigenvalue weighted by Gasteiger charge is 2.36. The van der Waals surface area contributed by atoms with Crippen LogP contribution in [-0.4, -0.2) is 37.0 Å². The van der Waals surface area contributed by atoms with E-state index in [2.05, 4.69) is 5.32 Å². The molecule has 0 saturated carbocycles. The van der Waals surface area contributed by atoms with Crippen molar-refractivity contribution in [2.24, 2.45) is 5.41 Å². The van der Waals surface area contributed by atoms with Crippen LogP contribution in [0.15, 0.2) is 24.3 Å². The van der Waals surface area contributed by atoms with Crippen molar-refractivity contribution in [3.05, 3.63) is 34.9 Å². The van der Waals surface area contributed by atoms with E-state index < -0.39 is 0 Å². The highest BCUT2D eigenvalue weighted by Crippen LogP contribution is 2.39. The van der Waals surface area contributed by atoms with Gasteiger partial charge in [-0.25, -0.2) is 0 Å². The van der Waals surface area contributed by atoms with Crippen LogP contribution in [0.1, 0.15) is 36.0 Å². The van der Waals surface area contributed by atoms with Crippen LogP contribution >= 0.6 is 11.6 Å². The molecule has 0 bridgehead atoms.